The average molecular weight is 259 g/mol. The van der Waals surface area contributed by atoms with Gasteiger partial charge in [0.1, 0.15) is 13.3 Å². The van der Waals surface area contributed by atoms with Crippen LogP contribution in [0.1, 0.15) is 0 Å². The minimum absolute atomic E-state index is 0. The molecule has 0 aromatic carbocycles. The summed E-state index contributed by atoms with van der Waals surface area (Å²) in [7, 11) is 0. The first-order valence-electron chi connectivity index (χ1n) is 2.53. The molecule has 0 radical (unpaired) electrons. The molecule has 1 aliphatic heterocycles. The number of halogens is 1. The van der Waals surface area contributed by atoms with E-state index < -0.39 is 0 Å². The summed E-state index contributed by atoms with van der Waals surface area (Å²) in [5.41, 5.74) is 0. The maximum atomic E-state index is 3.13. The van der Waals surface area contributed by atoms with E-state index in [-0.39, 0.29) is 24.0 Å². The Morgan fingerprint density at radius 1 is 1.67 bits per heavy atom. The van der Waals surface area contributed by atoms with E-state index in [9.17, 15) is 0 Å². The van der Waals surface area contributed by atoms with Crippen LogP contribution in [-0.2, 0) is 0 Å². The van der Waals surface area contributed by atoms with Crippen LogP contribution in [0.3, 0.4) is 0 Å². The Labute approximate surface area is 76.1 Å². The van der Waals surface area contributed by atoms with Gasteiger partial charge in [0.2, 0.25) is 0 Å². The summed E-state index contributed by atoms with van der Waals surface area (Å²) < 4.78 is 0. The lowest BCUT2D eigenvalue weighted by molar-refractivity contribution is -0.467. The van der Waals surface area contributed by atoms with Crippen molar-refractivity contribution in [1.82, 2.24) is 10.6 Å². The molecule has 0 saturated carbocycles. The summed E-state index contributed by atoms with van der Waals surface area (Å²) in [6.45, 7) is 1.76. The molecule has 0 saturated heterocycles. The molecular weight excluding hydrogens is 249 g/mol. The van der Waals surface area contributed by atoms with E-state index in [4.69, 9.17) is 0 Å². The number of nitrogens with one attached hydrogen (secondary N) is 3. The van der Waals surface area contributed by atoms with Gasteiger partial charge >= 0.3 is 5.17 Å². The first kappa shape index (κ1) is 9.51. The SMILES string of the molecule is CSC1=[NH+]CNCN1.[I-]. The maximum absolute atomic E-state index is 3.13. The number of hydrogen-bond donors (Lipinski definition) is 3. The molecule has 0 fully saturated rings. The Hall–Kier alpha value is 0.510. The molecule has 0 spiro atoms. The molecule has 54 valence electrons. The van der Waals surface area contributed by atoms with Crippen LogP contribution >= 0.6 is 11.8 Å². The molecule has 5 heteroatoms. The predicted molar refractivity (Wildman–Crippen MR) is 35.5 cm³/mol. The van der Waals surface area contributed by atoms with Gasteiger partial charge in [0.15, 0.2) is 0 Å². The van der Waals surface area contributed by atoms with E-state index in [0.29, 0.717) is 0 Å². The quantitative estimate of drug-likeness (QED) is 0.381. The number of amidine groups is 1. The third-order valence-corrected chi connectivity index (χ3v) is 1.65. The van der Waals surface area contributed by atoms with Crippen molar-refractivity contribution in [1.29, 1.82) is 0 Å². The second-order valence-corrected chi connectivity index (χ2v) is 2.31. The van der Waals surface area contributed by atoms with E-state index in [1.807, 2.05) is 6.26 Å². The molecule has 1 heterocycles. The van der Waals surface area contributed by atoms with Gasteiger partial charge in [-0.25, -0.2) is 5.32 Å². The summed E-state index contributed by atoms with van der Waals surface area (Å²) in [5, 5.41) is 7.38. The number of hydrogen-bond acceptors (Lipinski definition) is 3. The van der Waals surface area contributed by atoms with Crippen molar-refractivity contribution in [3.05, 3.63) is 0 Å². The molecule has 0 aromatic heterocycles. The van der Waals surface area contributed by atoms with Gasteiger partial charge in [0.25, 0.3) is 0 Å². The fraction of sp³-hybridized carbons (Fsp3) is 0.750. The van der Waals surface area contributed by atoms with Crippen molar-refractivity contribution < 1.29 is 29.0 Å². The third-order valence-electron chi connectivity index (χ3n) is 0.952. The van der Waals surface area contributed by atoms with Gasteiger partial charge in [-0.1, -0.05) is 0 Å². The van der Waals surface area contributed by atoms with Crippen LogP contribution in [0.15, 0.2) is 0 Å². The lowest BCUT2D eigenvalue weighted by atomic mass is 10.8. The highest BCUT2D eigenvalue weighted by atomic mass is 127. The van der Waals surface area contributed by atoms with Gasteiger partial charge in [-0.05, 0) is 18.0 Å². The van der Waals surface area contributed by atoms with Crippen LogP contribution < -0.4 is 39.6 Å². The van der Waals surface area contributed by atoms with Gasteiger partial charge in [-0.3, -0.25) is 10.3 Å². The zero-order valence-electron chi connectivity index (χ0n) is 5.20. The summed E-state index contributed by atoms with van der Waals surface area (Å²) in [4.78, 5) is 3.13. The molecule has 9 heavy (non-hydrogen) atoms. The Kier molecular flexibility index (Phi) is 5.61. The average Bonchev–Trinajstić information content (AvgIpc) is 1.90. The molecule has 1 rings (SSSR count). The highest BCUT2D eigenvalue weighted by Crippen LogP contribution is 1.85. The lowest BCUT2D eigenvalue weighted by Gasteiger charge is -2.05. The van der Waals surface area contributed by atoms with E-state index in [2.05, 4.69) is 15.6 Å². The predicted octanol–water partition coefficient (Wildman–Crippen LogP) is -5.10. The maximum Gasteiger partial charge on any atom is 0.305 e. The van der Waals surface area contributed by atoms with E-state index in [1.165, 1.54) is 0 Å². The molecule has 0 atom stereocenters. The second kappa shape index (κ2) is 5.31. The molecule has 3 nitrogen and oxygen atoms in total. The molecular formula is C4H10IN3S. The Morgan fingerprint density at radius 3 is 2.78 bits per heavy atom. The highest BCUT2D eigenvalue weighted by molar-refractivity contribution is 8.12. The molecule has 0 aromatic rings. The van der Waals surface area contributed by atoms with Crippen molar-refractivity contribution in [2.45, 2.75) is 0 Å². The van der Waals surface area contributed by atoms with E-state index in [0.717, 1.165) is 18.5 Å². The van der Waals surface area contributed by atoms with Gasteiger partial charge in [-0.15, -0.1) is 0 Å². The Morgan fingerprint density at radius 2 is 2.44 bits per heavy atom. The minimum Gasteiger partial charge on any atom is -1.00 e. The molecule has 0 aliphatic carbocycles. The molecule has 1 aliphatic rings. The van der Waals surface area contributed by atoms with Crippen LogP contribution in [-0.4, -0.2) is 24.8 Å². The topological polar surface area (TPSA) is 38.0 Å². The fourth-order valence-corrected chi connectivity index (χ4v) is 0.988. The first-order chi connectivity index (χ1) is 3.93. The lowest BCUT2D eigenvalue weighted by Crippen LogP contribution is -3.00. The van der Waals surface area contributed by atoms with Gasteiger partial charge in [-0.2, -0.15) is 0 Å². The smallest absolute Gasteiger partial charge is 0.305 e. The monoisotopic (exact) mass is 259 g/mol. The zero-order chi connectivity index (χ0) is 5.82. The number of thioether (sulfide) groups is 1. The molecule has 0 amide bonds. The fourth-order valence-electron chi connectivity index (χ4n) is 0.555. The number of rotatable bonds is 0. The van der Waals surface area contributed by atoms with Crippen molar-refractivity contribution in [3.8, 4) is 0 Å². The van der Waals surface area contributed by atoms with Crippen LogP contribution in [0, 0.1) is 0 Å². The van der Waals surface area contributed by atoms with Gasteiger partial charge in [0, 0.05) is 0 Å². The first-order valence-corrected chi connectivity index (χ1v) is 3.75. The standard InChI is InChI=1S/C4H9N3S.HI/c1-8-4-6-2-5-3-7-4;/h5H,2-3H2,1H3,(H,6,7);1H. The van der Waals surface area contributed by atoms with Crippen molar-refractivity contribution in [2.24, 2.45) is 0 Å². The van der Waals surface area contributed by atoms with Crippen molar-refractivity contribution in [3.63, 3.8) is 0 Å². The van der Waals surface area contributed by atoms with Gasteiger partial charge in [0.05, 0.1) is 0 Å². The van der Waals surface area contributed by atoms with Crippen LogP contribution in [0.2, 0.25) is 0 Å². The Balaban J connectivity index is 0.000000640. The summed E-state index contributed by atoms with van der Waals surface area (Å²) in [5.74, 6) is 0. The van der Waals surface area contributed by atoms with E-state index >= 15 is 0 Å². The van der Waals surface area contributed by atoms with Crippen LogP contribution in [0.5, 0.6) is 0 Å². The molecule has 0 unspecified atom stereocenters. The Bertz CT molecular complexity index is 106. The second-order valence-electron chi connectivity index (χ2n) is 1.49. The van der Waals surface area contributed by atoms with E-state index in [1.54, 1.807) is 11.8 Å². The summed E-state index contributed by atoms with van der Waals surface area (Å²) in [6.07, 6.45) is 2.04. The summed E-state index contributed by atoms with van der Waals surface area (Å²) >= 11 is 1.70. The molecule has 0 bridgehead atoms. The van der Waals surface area contributed by atoms with Crippen molar-refractivity contribution in [2.75, 3.05) is 19.6 Å². The summed E-state index contributed by atoms with van der Waals surface area (Å²) in [6, 6.07) is 0. The normalized spacial score (nSPS) is 17.2. The van der Waals surface area contributed by atoms with Gasteiger partial charge < -0.3 is 24.0 Å². The molecule has 3 N–H and O–H groups in total. The zero-order valence-corrected chi connectivity index (χ0v) is 8.17. The largest absolute Gasteiger partial charge is 1.00 e. The van der Waals surface area contributed by atoms with Crippen molar-refractivity contribution >= 4 is 16.9 Å². The third kappa shape index (κ3) is 3.27. The van der Waals surface area contributed by atoms with Crippen LogP contribution in [0.4, 0.5) is 0 Å². The highest BCUT2D eigenvalue weighted by Gasteiger charge is 2.05. The van der Waals surface area contributed by atoms with Crippen LogP contribution in [0.25, 0.3) is 0 Å². The minimum atomic E-state index is 0.